The molecule has 0 amide bonds. The Labute approximate surface area is 111 Å². The number of rotatable bonds is 7. The Morgan fingerprint density at radius 2 is 2.06 bits per heavy atom. The van der Waals surface area contributed by atoms with E-state index in [4.69, 9.17) is 10.5 Å². The Morgan fingerprint density at radius 3 is 2.61 bits per heavy atom. The molecule has 1 aromatic carbocycles. The fourth-order valence-electron chi connectivity index (χ4n) is 2.22. The molecule has 0 spiro atoms. The lowest BCUT2D eigenvalue weighted by molar-refractivity contribution is 0.407. The van der Waals surface area contributed by atoms with Gasteiger partial charge in [-0.25, -0.2) is 0 Å². The highest BCUT2D eigenvalue weighted by Crippen LogP contribution is 2.33. The van der Waals surface area contributed by atoms with E-state index in [-0.39, 0.29) is 6.04 Å². The van der Waals surface area contributed by atoms with Gasteiger partial charge in [-0.1, -0.05) is 25.8 Å². The number of anilines is 1. The first-order valence-electron chi connectivity index (χ1n) is 6.75. The van der Waals surface area contributed by atoms with Crippen molar-refractivity contribution in [2.24, 2.45) is 5.73 Å². The molecule has 0 heterocycles. The Morgan fingerprint density at radius 1 is 1.33 bits per heavy atom. The van der Waals surface area contributed by atoms with Crippen LogP contribution in [0.25, 0.3) is 0 Å². The minimum atomic E-state index is -0.0234. The first-order valence-corrected chi connectivity index (χ1v) is 6.75. The van der Waals surface area contributed by atoms with Crippen LogP contribution in [0.5, 0.6) is 5.75 Å². The second-order valence-corrected chi connectivity index (χ2v) is 4.81. The second kappa shape index (κ2) is 7.27. The van der Waals surface area contributed by atoms with Crippen LogP contribution in [0.15, 0.2) is 18.2 Å². The van der Waals surface area contributed by atoms with Crippen molar-refractivity contribution < 1.29 is 4.74 Å². The molecular formula is C15H26N2O. The fraction of sp³-hybridized carbons (Fsp3) is 0.600. The summed E-state index contributed by atoms with van der Waals surface area (Å²) in [5.41, 5.74) is 8.35. The lowest BCUT2D eigenvalue weighted by Gasteiger charge is -2.25. The van der Waals surface area contributed by atoms with Gasteiger partial charge in [-0.2, -0.15) is 0 Å². The van der Waals surface area contributed by atoms with Crippen LogP contribution in [0, 0.1) is 0 Å². The molecule has 0 aromatic heterocycles. The molecule has 0 aliphatic heterocycles. The summed E-state index contributed by atoms with van der Waals surface area (Å²) in [7, 11) is 3.82. The normalized spacial score (nSPS) is 12.3. The average molecular weight is 250 g/mol. The molecule has 102 valence electrons. The molecule has 2 N–H and O–H groups in total. The molecule has 1 atom stereocenters. The third kappa shape index (κ3) is 3.64. The Balaban J connectivity index is 2.92. The van der Waals surface area contributed by atoms with Gasteiger partial charge in [-0.05, 0) is 25.5 Å². The number of nitrogens with zero attached hydrogens (tertiary/aromatic N) is 1. The molecule has 3 heteroatoms. The maximum Gasteiger partial charge on any atom is 0.125 e. The van der Waals surface area contributed by atoms with Crippen LogP contribution in [0.2, 0.25) is 0 Å². The summed E-state index contributed by atoms with van der Waals surface area (Å²) >= 11 is 0. The number of nitrogens with two attached hydrogens (primary N) is 1. The van der Waals surface area contributed by atoms with E-state index in [1.807, 2.05) is 19.1 Å². The van der Waals surface area contributed by atoms with E-state index in [2.05, 4.69) is 24.9 Å². The Bertz CT molecular complexity index is 364. The lowest BCUT2D eigenvalue weighted by atomic mass is 10.0. The monoisotopic (exact) mass is 250 g/mol. The van der Waals surface area contributed by atoms with Gasteiger partial charge in [0.05, 0.1) is 7.11 Å². The highest BCUT2D eigenvalue weighted by atomic mass is 16.5. The van der Waals surface area contributed by atoms with E-state index in [0.717, 1.165) is 17.9 Å². The first-order chi connectivity index (χ1) is 8.61. The zero-order valence-corrected chi connectivity index (χ0v) is 12.1. The van der Waals surface area contributed by atoms with Crippen LogP contribution in [-0.2, 0) is 0 Å². The van der Waals surface area contributed by atoms with Gasteiger partial charge < -0.3 is 15.4 Å². The van der Waals surface area contributed by atoms with Crippen LogP contribution in [0.1, 0.15) is 44.7 Å². The largest absolute Gasteiger partial charge is 0.496 e. The van der Waals surface area contributed by atoms with Crippen molar-refractivity contribution in [3.8, 4) is 5.75 Å². The number of hydrogen-bond donors (Lipinski definition) is 1. The highest BCUT2D eigenvalue weighted by molar-refractivity contribution is 5.60. The topological polar surface area (TPSA) is 38.5 Å². The van der Waals surface area contributed by atoms with Gasteiger partial charge in [0.2, 0.25) is 0 Å². The number of unbranched alkanes of at least 4 members (excludes halogenated alkanes) is 2. The number of methoxy groups -OCH3 is 1. The van der Waals surface area contributed by atoms with E-state index < -0.39 is 0 Å². The van der Waals surface area contributed by atoms with Crippen molar-refractivity contribution in [1.29, 1.82) is 0 Å². The molecular weight excluding hydrogens is 224 g/mol. The maximum absolute atomic E-state index is 6.08. The molecule has 3 nitrogen and oxygen atoms in total. The third-order valence-electron chi connectivity index (χ3n) is 3.23. The second-order valence-electron chi connectivity index (χ2n) is 4.81. The molecule has 18 heavy (non-hydrogen) atoms. The molecule has 0 fully saturated rings. The van der Waals surface area contributed by atoms with E-state index in [1.165, 1.54) is 24.9 Å². The van der Waals surface area contributed by atoms with Crippen molar-refractivity contribution in [3.63, 3.8) is 0 Å². The third-order valence-corrected chi connectivity index (χ3v) is 3.23. The van der Waals surface area contributed by atoms with Crippen molar-refractivity contribution in [3.05, 3.63) is 23.8 Å². The minimum absolute atomic E-state index is 0.0234. The molecule has 0 saturated heterocycles. The quantitative estimate of drug-likeness (QED) is 0.754. The summed E-state index contributed by atoms with van der Waals surface area (Å²) < 4.78 is 5.42. The molecule has 0 aliphatic rings. The smallest absolute Gasteiger partial charge is 0.125 e. The summed E-state index contributed by atoms with van der Waals surface area (Å²) in [6.45, 7) is 5.28. The lowest BCUT2D eigenvalue weighted by Crippen LogP contribution is -2.22. The Kier molecular flexibility index (Phi) is 5.99. The van der Waals surface area contributed by atoms with Gasteiger partial charge >= 0.3 is 0 Å². The van der Waals surface area contributed by atoms with Gasteiger partial charge in [-0.15, -0.1) is 0 Å². The van der Waals surface area contributed by atoms with Crippen LogP contribution in [0.4, 0.5) is 5.69 Å². The van der Waals surface area contributed by atoms with E-state index in [0.29, 0.717) is 0 Å². The van der Waals surface area contributed by atoms with Crippen LogP contribution >= 0.6 is 0 Å². The fourth-order valence-corrected chi connectivity index (χ4v) is 2.22. The van der Waals surface area contributed by atoms with Crippen LogP contribution < -0.4 is 15.4 Å². The first kappa shape index (κ1) is 14.8. The molecule has 0 radical (unpaired) electrons. The molecule has 1 rings (SSSR count). The van der Waals surface area contributed by atoms with Crippen LogP contribution in [-0.4, -0.2) is 20.7 Å². The van der Waals surface area contributed by atoms with Crippen LogP contribution in [0.3, 0.4) is 0 Å². The molecule has 0 unspecified atom stereocenters. The summed E-state index contributed by atoms with van der Waals surface area (Å²) in [6, 6.07) is 6.09. The molecule has 0 bridgehead atoms. The molecule has 1 aromatic rings. The summed E-state index contributed by atoms with van der Waals surface area (Å²) in [5.74, 6) is 0.879. The summed E-state index contributed by atoms with van der Waals surface area (Å²) in [4.78, 5) is 2.27. The summed E-state index contributed by atoms with van der Waals surface area (Å²) in [6.07, 6.45) is 3.72. The van der Waals surface area contributed by atoms with E-state index >= 15 is 0 Å². The standard InChI is InChI=1S/C15H26N2O/c1-5-6-7-11-17(3)13-9-8-10-14(18-4)15(13)12(2)16/h8-10,12H,5-7,11,16H2,1-4H3/t12-/m1/s1. The zero-order chi connectivity index (χ0) is 13.5. The number of ether oxygens (including phenoxy) is 1. The van der Waals surface area contributed by atoms with Gasteiger partial charge in [0, 0.05) is 30.9 Å². The Hall–Kier alpha value is -1.22. The highest BCUT2D eigenvalue weighted by Gasteiger charge is 2.15. The van der Waals surface area contributed by atoms with Gasteiger partial charge in [-0.3, -0.25) is 0 Å². The SMILES string of the molecule is CCCCCN(C)c1cccc(OC)c1[C@@H](C)N. The zero-order valence-electron chi connectivity index (χ0n) is 12.1. The predicted octanol–water partition coefficient (Wildman–Crippen LogP) is 3.34. The predicted molar refractivity (Wildman–Crippen MR) is 78.4 cm³/mol. The van der Waals surface area contributed by atoms with Gasteiger partial charge in [0.15, 0.2) is 0 Å². The molecule has 0 aliphatic carbocycles. The van der Waals surface area contributed by atoms with Gasteiger partial charge in [0.25, 0.3) is 0 Å². The number of benzene rings is 1. The van der Waals surface area contributed by atoms with Crippen molar-refractivity contribution in [2.45, 2.75) is 39.2 Å². The summed E-state index contributed by atoms with van der Waals surface area (Å²) in [5, 5.41) is 0. The van der Waals surface area contributed by atoms with E-state index in [9.17, 15) is 0 Å². The molecule has 0 saturated carbocycles. The average Bonchev–Trinajstić information content (AvgIpc) is 2.37. The van der Waals surface area contributed by atoms with Crippen molar-refractivity contribution >= 4 is 5.69 Å². The maximum atomic E-state index is 6.08. The minimum Gasteiger partial charge on any atom is -0.496 e. The van der Waals surface area contributed by atoms with E-state index in [1.54, 1.807) is 7.11 Å². The van der Waals surface area contributed by atoms with Gasteiger partial charge in [0.1, 0.15) is 5.75 Å². The van der Waals surface area contributed by atoms with Crippen molar-refractivity contribution in [2.75, 3.05) is 25.6 Å². The number of hydrogen-bond acceptors (Lipinski definition) is 3. The van der Waals surface area contributed by atoms with Crippen molar-refractivity contribution in [1.82, 2.24) is 0 Å².